The molecule has 2 rings (SSSR count). The highest BCUT2D eigenvalue weighted by Crippen LogP contribution is 2.21. The van der Waals surface area contributed by atoms with Crippen molar-refractivity contribution in [2.24, 2.45) is 5.92 Å². The molecule has 0 spiro atoms. The van der Waals surface area contributed by atoms with Gasteiger partial charge >= 0.3 is 0 Å². The van der Waals surface area contributed by atoms with Gasteiger partial charge in [0.1, 0.15) is 0 Å². The zero-order valence-electron chi connectivity index (χ0n) is 15.1. The zero-order chi connectivity index (χ0) is 16.5. The summed E-state index contributed by atoms with van der Waals surface area (Å²) in [5.74, 6) is 0.632. The van der Waals surface area contributed by atoms with Crippen LogP contribution in [-0.2, 0) is 11.2 Å². The average molecular weight is 319 g/mol. The van der Waals surface area contributed by atoms with Crippen LogP contribution in [0.4, 0.5) is 0 Å². The zero-order valence-corrected chi connectivity index (χ0v) is 15.1. The van der Waals surface area contributed by atoms with Crippen LogP contribution in [-0.4, -0.2) is 37.4 Å². The van der Waals surface area contributed by atoms with Gasteiger partial charge in [-0.25, -0.2) is 5.01 Å². The first kappa shape index (κ1) is 18.4. The summed E-state index contributed by atoms with van der Waals surface area (Å²) in [5, 5.41) is 2.45. The minimum absolute atomic E-state index is 0.535. The maximum Gasteiger partial charge on any atom is 0.0632 e. The van der Waals surface area contributed by atoms with Gasteiger partial charge in [-0.2, -0.15) is 0 Å². The molecule has 1 aliphatic rings. The number of rotatable bonds is 10. The van der Waals surface area contributed by atoms with Gasteiger partial charge in [0.05, 0.1) is 6.61 Å². The second-order valence-corrected chi connectivity index (χ2v) is 6.99. The third-order valence-corrected chi connectivity index (χ3v) is 5.02. The number of benzene rings is 1. The van der Waals surface area contributed by atoms with E-state index >= 15 is 0 Å². The van der Waals surface area contributed by atoms with Gasteiger partial charge in [0, 0.05) is 25.7 Å². The van der Waals surface area contributed by atoms with E-state index in [4.69, 9.17) is 4.74 Å². The molecule has 3 heteroatoms. The predicted octanol–water partition coefficient (Wildman–Crippen LogP) is 4.04. The van der Waals surface area contributed by atoms with E-state index in [0.717, 1.165) is 19.6 Å². The number of hydrogen-bond donors (Lipinski definition) is 1. The van der Waals surface area contributed by atoms with Gasteiger partial charge in [0.25, 0.3) is 0 Å². The molecule has 1 aromatic rings. The van der Waals surface area contributed by atoms with E-state index in [9.17, 15) is 0 Å². The summed E-state index contributed by atoms with van der Waals surface area (Å²) in [6, 6.07) is 12.0. The average Bonchev–Trinajstić information content (AvgIpc) is 2.99. The SMILES string of the molecule is CCCC[C@@H](NN1CCC[C@H]1COC)[C@@H](C)Cc1ccccc1. The first-order valence-electron chi connectivity index (χ1n) is 9.30. The first-order valence-corrected chi connectivity index (χ1v) is 9.30. The van der Waals surface area contributed by atoms with Crippen molar-refractivity contribution in [2.75, 3.05) is 20.3 Å². The smallest absolute Gasteiger partial charge is 0.0632 e. The molecule has 1 N–H and O–H groups in total. The molecule has 0 aromatic heterocycles. The minimum Gasteiger partial charge on any atom is -0.383 e. The van der Waals surface area contributed by atoms with Crippen molar-refractivity contribution in [1.29, 1.82) is 0 Å². The Morgan fingerprint density at radius 2 is 2.09 bits per heavy atom. The highest BCUT2D eigenvalue weighted by atomic mass is 16.5. The van der Waals surface area contributed by atoms with Gasteiger partial charge in [-0.15, -0.1) is 0 Å². The molecule has 1 aromatic carbocycles. The van der Waals surface area contributed by atoms with Crippen molar-refractivity contribution in [1.82, 2.24) is 10.4 Å². The Hall–Kier alpha value is -0.900. The molecule has 1 aliphatic heterocycles. The molecule has 130 valence electrons. The van der Waals surface area contributed by atoms with Crippen LogP contribution in [0.25, 0.3) is 0 Å². The summed E-state index contributed by atoms with van der Waals surface area (Å²) in [5.41, 5.74) is 5.30. The molecule has 3 atom stereocenters. The van der Waals surface area contributed by atoms with Crippen LogP contribution in [0.5, 0.6) is 0 Å². The van der Waals surface area contributed by atoms with Gasteiger partial charge in [0.2, 0.25) is 0 Å². The molecule has 23 heavy (non-hydrogen) atoms. The second-order valence-electron chi connectivity index (χ2n) is 6.99. The van der Waals surface area contributed by atoms with E-state index in [0.29, 0.717) is 18.0 Å². The number of nitrogens with one attached hydrogen (secondary N) is 1. The Bertz CT molecular complexity index is 423. The number of unbranched alkanes of at least 4 members (excludes halogenated alkanes) is 1. The van der Waals surface area contributed by atoms with E-state index < -0.39 is 0 Å². The summed E-state index contributed by atoms with van der Waals surface area (Å²) >= 11 is 0. The highest BCUT2D eigenvalue weighted by Gasteiger charge is 2.28. The van der Waals surface area contributed by atoms with Crippen molar-refractivity contribution in [3.63, 3.8) is 0 Å². The van der Waals surface area contributed by atoms with Crippen LogP contribution < -0.4 is 5.43 Å². The molecule has 0 amide bonds. The Morgan fingerprint density at radius 1 is 1.30 bits per heavy atom. The van der Waals surface area contributed by atoms with Crippen molar-refractivity contribution in [2.45, 2.75) is 64.5 Å². The van der Waals surface area contributed by atoms with Gasteiger partial charge in [0.15, 0.2) is 0 Å². The van der Waals surface area contributed by atoms with E-state index in [1.165, 1.54) is 37.7 Å². The standard InChI is InChI=1S/C20H34N2O/c1-4-5-13-20(17(2)15-18-10-7-6-8-11-18)21-22-14-9-12-19(22)16-23-3/h6-8,10-11,17,19-21H,4-5,9,12-16H2,1-3H3/t17-,19-,20+/m0/s1. The molecule has 0 unspecified atom stereocenters. The van der Waals surface area contributed by atoms with Crippen LogP contribution in [0.15, 0.2) is 30.3 Å². The normalized spacial score (nSPS) is 21.4. The fourth-order valence-corrected chi connectivity index (χ4v) is 3.61. The molecule has 0 bridgehead atoms. The number of hydrogen-bond acceptors (Lipinski definition) is 3. The second kappa shape index (κ2) is 10.1. The van der Waals surface area contributed by atoms with Crippen molar-refractivity contribution < 1.29 is 4.74 Å². The molecular formula is C20H34N2O. The number of ether oxygens (including phenoxy) is 1. The lowest BCUT2D eigenvalue weighted by Gasteiger charge is -2.33. The molecule has 0 aliphatic carbocycles. The van der Waals surface area contributed by atoms with E-state index in [2.05, 4.69) is 54.6 Å². The fraction of sp³-hybridized carbons (Fsp3) is 0.700. The quantitative estimate of drug-likeness (QED) is 0.704. The third-order valence-electron chi connectivity index (χ3n) is 5.02. The lowest BCUT2D eigenvalue weighted by atomic mass is 9.91. The lowest BCUT2D eigenvalue weighted by molar-refractivity contribution is 0.0597. The fourth-order valence-electron chi connectivity index (χ4n) is 3.61. The first-order chi connectivity index (χ1) is 11.2. The molecule has 0 saturated carbocycles. The van der Waals surface area contributed by atoms with Crippen molar-refractivity contribution in [3.05, 3.63) is 35.9 Å². The van der Waals surface area contributed by atoms with Gasteiger partial charge in [-0.3, -0.25) is 5.43 Å². The van der Waals surface area contributed by atoms with Crippen LogP contribution in [0, 0.1) is 5.92 Å². The third kappa shape index (κ3) is 5.91. The summed E-state index contributed by atoms with van der Waals surface area (Å²) in [6.45, 7) is 6.65. The number of methoxy groups -OCH3 is 1. The van der Waals surface area contributed by atoms with Crippen LogP contribution in [0.2, 0.25) is 0 Å². The molecule has 0 radical (unpaired) electrons. The van der Waals surface area contributed by atoms with Crippen LogP contribution >= 0.6 is 0 Å². The van der Waals surface area contributed by atoms with E-state index in [-0.39, 0.29) is 0 Å². The predicted molar refractivity (Wildman–Crippen MR) is 97.4 cm³/mol. The Labute approximate surface area is 142 Å². The molecular weight excluding hydrogens is 284 g/mol. The largest absolute Gasteiger partial charge is 0.383 e. The van der Waals surface area contributed by atoms with Crippen LogP contribution in [0.1, 0.15) is 51.5 Å². The Balaban J connectivity index is 1.95. The van der Waals surface area contributed by atoms with Crippen molar-refractivity contribution >= 4 is 0 Å². The van der Waals surface area contributed by atoms with Crippen molar-refractivity contribution in [3.8, 4) is 0 Å². The lowest BCUT2D eigenvalue weighted by Crippen LogP contribution is -2.51. The summed E-state index contributed by atoms with van der Waals surface area (Å²) in [7, 11) is 1.81. The highest BCUT2D eigenvalue weighted by molar-refractivity contribution is 5.15. The maximum absolute atomic E-state index is 5.39. The summed E-state index contributed by atoms with van der Waals surface area (Å²) in [4.78, 5) is 0. The van der Waals surface area contributed by atoms with Crippen LogP contribution in [0.3, 0.4) is 0 Å². The Morgan fingerprint density at radius 3 is 2.78 bits per heavy atom. The molecule has 1 heterocycles. The molecule has 3 nitrogen and oxygen atoms in total. The minimum atomic E-state index is 0.535. The number of hydrazine groups is 1. The monoisotopic (exact) mass is 318 g/mol. The maximum atomic E-state index is 5.39. The summed E-state index contributed by atoms with van der Waals surface area (Å²) < 4.78 is 5.39. The van der Waals surface area contributed by atoms with Gasteiger partial charge < -0.3 is 4.74 Å². The molecule has 1 saturated heterocycles. The summed E-state index contributed by atoms with van der Waals surface area (Å²) in [6.07, 6.45) is 7.46. The molecule has 1 fully saturated rings. The van der Waals surface area contributed by atoms with E-state index in [1.54, 1.807) is 0 Å². The van der Waals surface area contributed by atoms with E-state index in [1.807, 2.05) is 7.11 Å². The van der Waals surface area contributed by atoms with Gasteiger partial charge in [-0.1, -0.05) is 57.0 Å². The van der Waals surface area contributed by atoms with Gasteiger partial charge in [-0.05, 0) is 37.2 Å². The number of nitrogens with zero attached hydrogens (tertiary/aromatic N) is 1. The topological polar surface area (TPSA) is 24.5 Å². The Kier molecular flexibility index (Phi) is 8.07.